The minimum atomic E-state index is -0.738. The maximum absolute atomic E-state index is 12.3. The Bertz CT molecular complexity index is 1010. The Morgan fingerprint density at radius 2 is 2.04 bits per heavy atom. The molecule has 0 saturated carbocycles. The van der Waals surface area contributed by atoms with Gasteiger partial charge in [-0.2, -0.15) is 0 Å². The van der Waals surface area contributed by atoms with Crippen molar-refractivity contribution in [2.75, 3.05) is 14.2 Å². The van der Waals surface area contributed by atoms with Crippen molar-refractivity contribution in [2.24, 2.45) is 5.41 Å². The first kappa shape index (κ1) is 20.3. The van der Waals surface area contributed by atoms with Crippen molar-refractivity contribution in [1.82, 2.24) is 15.0 Å². The van der Waals surface area contributed by atoms with Crippen molar-refractivity contribution in [3.8, 4) is 11.3 Å². The van der Waals surface area contributed by atoms with Crippen molar-refractivity contribution in [3.63, 3.8) is 0 Å². The molecule has 3 rings (SSSR count). The molecule has 0 aliphatic heterocycles. The number of rotatable bonds is 6. The summed E-state index contributed by atoms with van der Waals surface area (Å²) in [6.45, 7) is 5.66. The van der Waals surface area contributed by atoms with E-state index in [1.54, 1.807) is 19.4 Å². The number of halogens is 1. The predicted octanol–water partition coefficient (Wildman–Crippen LogP) is 4.73. The van der Waals surface area contributed by atoms with Gasteiger partial charge in [0, 0.05) is 24.4 Å². The van der Waals surface area contributed by atoms with Crippen LogP contribution >= 0.6 is 11.6 Å². The van der Waals surface area contributed by atoms with Gasteiger partial charge in [-0.25, -0.2) is 4.98 Å². The highest BCUT2D eigenvalue weighted by atomic mass is 35.5. The molecule has 3 aromatic heterocycles. The first-order chi connectivity index (χ1) is 13.3. The molecule has 1 atom stereocenters. The third-order valence-electron chi connectivity index (χ3n) is 4.91. The maximum atomic E-state index is 12.3. The van der Waals surface area contributed by atoms with E-state index in [0.29, 0.717) is 11.6 Å². The number of ether oxygens (including phenoxy) is 2. The van der Waals surface area contributed by atoms with Gasteiger partial charge >= 0.3 is 5.97 Å². The van der Waals surface area contributed by atoms with Crippen LogP contribution in [-0.4, -0.2) is 35.1 Å². The highest BCUT2D eigenvalue weighted by Crippen LogP contribution is 2.37. The average Bonchev–Trinajstić information content (AvgIpc) is 3.03. The van der Waals surface area contributed by atoms with Gasteiger partial charge in [-0.05, 0) is 51.5 Å². The van der Waals surface area contributed by atoms with Crippen molar-refractivity contribution in [3.05, 3.63) is 46.9 Å². The Balaban J connectivity index is 2.26. The monoisotopic (exact) mass is 401 g/mol. The molecule has 3 heterocycles. The van der Waals surface area contributed by atoms with Gasteiger partial charge in [0.15, 0.2) is 0 Å². The molecule has 7 heteroatoms. The number of carbonyl (C=O) groups excluding carboxylic acids is 1. The van der Waals surface area contributed by atoms with Gasteiger partial charge in [0.05, 0.1) is 41.1 Å². The molecule has 148 valence electrons. The Labute approximate surface area is 169 Å². The lowest BCUT2D eigenvalue weighted by Crippen LogP contribution is -2.28. The molecule has 0 bridgehead atoms. The van der Waals surface area contributed by atoms with Gasteiger partial charge in [-0.1, -0.05) is 11.6 Å². The zero-order chi connectivity index (χ0) is 20.5. The van der Waals surface area contributed by atoms with E-state index in [4.69, 9.17) is 21.1 Å². The van der Waals surface area contributed by atoms with Gasteiger partial charge in [0.1, 0.15) is 5.15 Å². The summed E-state index contributed by atoms with van der Waals surface area (Å²) in [6.07, 6.45) is 1.98. The Morgan fingerprint density at radius 1 is 1.29 bits per heavy atom. The molecular formula is C21H24ClN3O3. The number of H-pyrrole nitrogens is 1. The molecule has 0 aromatic carbocycles. The van der Waals surface area contributed by atoms with Gasteiger partial charge in [-0.15, -0.1) is 0 Å². The second-order valence-electron chi connectivity index (χ2n) is 7.38. The number of esters is 1. The van der Waals surface area contributed by atoms with E-state index in [-0.39, 0.29) is 12.1 Å². The molecule has 28 heavy (non-hydrogen) atoms. The van der Waals surface area contributed by atoms with Crippen molar-refractivity contribution >= 4 is 28.6 Å². The summed E-state index contributed by atoms with van der Waals surface area (Å²) in [5.74, 6) is -0.286. The quantitative estimate of drug-likeness (QED) is 0.477. The van der Waals surface area contributed by atoms with E-state index in [1.807, 2.05) is 39.0 Å². The number of methoxy groups -OCH3 is 2. The summed E-state index contributed by atoms with van der Waals surface area (Å²) in [7, 11) is 3.05. The van der Waals surface area contributed by atoms with E-state index >= 15 is 0 Å². The van der Waals surface area contributed by atoms with Crippen LogP contribution in [0.25, 0.3) is 22.3 Å². The summed E-state index contributed by atoms with van der Waals surface area (Å²) in [6, 6.07) is 7.49. The van der Waals surface area contributed by atoms with Crippen LogP contribution in [-0.2, 0) is 20.7 Å². The Kier molecular flexibility index (Phi) is 5.72. The SMILES string of the molecule is COC(=O)C(C)(C)Cc1c(-c2cccnc2[C@H](C)OC)[nH]c2ccc(Cl)nc12. The van der Waals surface area contributed by atoms with Crippen LogP contribution in [0.2, 0.25) is 5.15 Å². The van der Waals surface area contributed by atoms with E-state index in [9.17, 15) is 4.79 Å². The summed E-state index contributed by atoms with van der Waals surface area (Å²) in [5.41, 5.74) is 4.30. The minimum Gasteiger partial charge on any atom is -0.469 e. The van der Waals surface area contributed by atoms with Gasteiger partial charge in [0.25, 0.3) is 0 Å². The average molecular weight is 402 g/mol. The third-order valence-corrected chi connectivity index (χ3v) is 5.12. The number of nitrogens with one attached hydrogen (secondary N) is 1. The zero-order valence-corrected chi connectivity index (χ0v) is 17.4. The Morgan fingerprint density at radius 3 is 2.71 bits per heavy atom. The smallest absolute Gasteiger partial charge is 0.311 e. The van der Waals surface area contributed by atoms with Crippen LogP contribution in [0.15, 0.2) is 30.5 Å². The number of nitrogens with zero attached hydrogens (tertiary/aromatic N) is 2. The van der Waals surface area contributed by atoms with Crippen LogP contribution in [0.3, 0.4) is 0 Å². The number of hydrogen-bond donors (Lipinski definition) is 1. The maximum Gasteiger partial charge on any atom is 0.311 e. The number of pyridine rings is 2. The van der Waals surface area contributed by atoms with Crippen molar-refractivity contribution in [1.29, 1.82) is 0 Å². The number of aromatic amines is 1. The fourth-order valence-corrected chi connectivity index (χ4v) is 3.50. The van der Waals surface area contributed by atoms with Crippen LogP contribution < -0.4 is 0 Å². The molecule has 0 amide bonds. The molecule has 0 aliphatic carbocycles. The summed E-state index contributed by atoms with van der Waals surface area (Å²) in [4.78, 5) is 24.8. The second kappa shape index (κ2) is 7.89. The van der Waals surface area contributed by atoms with Gasteiger partial charge in [-0.3, -0.25) is 9.78 Å². The van der Waals surface area contributed by atoms with Crippen LogP contribution in [0.4, 0.5) is 0 Å². The molecule has 0 radical (unpaired) electrons. The molecule has 0 fully saturated rings. The Hall–Kier alpha value is -2.44. The van der Waals surface area contributed by atoms with Crippen LogP contribution in [0.1, 0.15) is 38.1 Å². The number of aromatic nitrogens is 3. The second-order valence-corrected chi connectivity index (χ2v) is 7.76. The highest BCUT2D eigenvalue weighted by Gasteiger charge is 2.32. The van der Waals surface area contributed by atoms with E-state index in [0.717, 1.165) is 33.5 Å². The minimum absolute atomic E-state index is 0.194. The summed E-state index contributed by atoms with van der Waals surface area (Å²) in [5, 5.41) is 0.395. The number of fused-ring (bicyclic) bond motifs is 1. The molecule has 0 aliphatic rings. The topological polar surface area (TPSA) is 77.1 Å². The predicted molar refractivity (Wildman–Crippen MR) is 109 cm³/mol. The first-order valence-corrected chi connectivity index (χ1v) is 9.40. The van der Waals surface area contributed by atoms with Crippen LogP contribution in [0.5, 0.6) is 0 Å². The molecule has 0 saturated heterocycles. The molecular weight excluding hydrogens is 378 g/mol. The summed E-state index contributed by atoms with van der Waals surface area (Å²) < 4.78 is 10.5. The largest absolute Gasteiger partial charge is 0.469 e. The van der Waals surface area contributed by atoms with Crippen molar-refractivity contribution < 1.29 is 14.3 Å². The lowest BCUT2D eigenvalue weighted by molar-refractivity contribution is -0.150. The standard InChI is InChI=1S/C21H24ClN3O3/c1-12(27-4)17-13(7-6-10-23-17)18-14(11-21(2,3)20(26)28-5)19-15(24-18)8-9-16(22)25-19/h6-10,12,24H,11H2,1-5H3/t12-/m0/s1. The van der Waals surface area contributed by atoms with Crippen LogP contribution in [0, 0.1) is 5.41 Å². The first-order valence-electron chi connectivity index (χ1n) is 9.02. The normalized spacial score (nSPS) is 12.9. The van der Waals surface area contributed by atoms with E-state index in [2.05, 4.69) is 15.0 Å². The number of hydrogen-bond acceptors (Lipinski definition) is 5. The molecule has 0 unspecified atom stereocenters. The molecule has 6 nitrogen and oxygen atoms in total. The lowest BCUT2D eigenvalue weighted by Gasteiger charge is -2.22. The summed E-state index contributed by atoms with van der Waals surface area (Å²) >= 11 is 6.16. The van der Waals surface area contributed by atoms with Gasteiger partial charge < -0.3 is 14.5 Å². The van der Waals surface area contributed by atoms with E-state index in [1.165, 1.54) is 7.11 Å². The molecule has 3 aromatic rings. The molecule has 0 spiro atoms. The fourth-order valence-electron chi connectivity index (χ4n) is 3.35. The third kappa shape index (κ3) is 3.75. The van der Waals surface area contributed by atoms with E-state index < -0.39 is 5.41 Å². The molecule has 1 N–H and O–H groups in total. The zero-order valence-electron chi connectivity index (χ0n) is 16.7. The van der Waals surface area contributed by atoms with Gasteiger partial charge in [0.2, 0.25) is 0 Å². The van der Waals surface area contributed by atoms with Crippen molar-refractivity contribution in [2.45, 2.75) is 33.3 Å². The highest BCUT2D eigenvalue weighted by molar-refractivity contribution is 6.29. The fraction of sp³-hybridized carbons (Fsp3) is 0.381. The lowest BCUT2D eigenvalue weighted by atomic mass is 9.84. The number of carbonyl (C=O) groups is 1.